The van der Waals surface area contributed by atoms with Crippen LogP contribution in [0.4, 0.5) is 10.1 Å². The Kier molecular flexibility index (Phi) is 4.56. The molecule has 0 unspecified atom stereocenters. The molecule has 0 aromatic heterocycles. The molecule has 0 aliphatic rings. The molecule has 0 bridgehead atoms. The Labute approximate surface area is 91.1 Å². The highest BCUT2D eigenvalue weighted by atomic mass is 19.1. The second-order valence-corrected chi connectivity index (χ2v) is 3.86. The highest BCUT2D eigenvalue weighted by Gasteiger charge is 2.04. The second-order valence-electron chi connectivity index (χ2n) is 3.86. The molecule has 0 saturated carbocycles. The minimum absolute atomic E-state index is 0.157. The number of hydrogen-bond donors (Lipinski definition) is 1. The summed E-state index contributed by atoms with van der Waals surface area (Å²) < 4.78 is 13.5. The number of hydrogen-bond acceptors (Lipinski definition) is 2. The van der Waals surface area contributed by atoms with Crippen molar-refractivity contribution in [3.63, 3.8) is 0 Å². The lowest BCUT2D eigenvalue weighted by molar-refractivity contribution is 0.618. The summed E-state index contributed by atoms with van der Waals surface area (Å²) in [7, 11) is 3.68. The Bertz CT molecular complexity index is 310. The first-order valence-electron chi connectivity index (χ1n) is 5.31. The molecular formula is C12H19FN2. The molecular weight excluding hydrogens is 191 g/mol. The third kappa shape index (κ3) is 3.51. The topological polar surface area (TPSA) is 15.3 Å². The minimum Gasteiger partial charge on any atom is -0.375 e. The van der Waals surface area contributed by atoms with Crippen molar-refractivity contribution in [2.45, 2.75) is 19.9 Å². The summed E-state index contributed by atoms with van der Waals surface area (Å²) in [6, 6.07) is 5.37. The van der Waals surface area contributed by atoms with Crippen molar-refractivity contribution in [3.8, 4) is 0 Å². The lowest BCUT2D eigenvalue weighted by atomic mass is 10.2. The molecule has 0 atom stereocenters. The van der Waals surface area contributed by atoms with Gasteiger partial charge in [0.1, 0.15) is 5.82 Å². The summed E-state index contributed by atoms with van der Waals surface area (Å²) in [5, 5.41) is 3.25. The Balaban J connectivity index is 2.65. The predicted molar refractivity (Wildman–Crippen MR) is 62.7 cm³/mol. The maximum atomic E-state index is 13.5. The van der Waals surface area contributed by atoms with Gasteiger partial charge in [0.2, 0.25) is 0 Å². The summed E-state index contributed by atoms with van der Waals surface area (Å²) in [5.41, 5.74) is 1.63. The molecule has 15 heavy (non-hydrogen) atoms. The van der Waals surface area contributed by atoms with E-state index in [0.29, 0.717) is 5.69 Å². The van der Waals surface area contributed by atoms with E-state index in [1.807, 2.05) is 26.2 Å². The average Bonchev–Trinajstić information content (AvgIpc) is 2.17. The van der Waals surface area contributed by atoms with Gasteiger partial charge in [0.25, 0.3) is 0 Å². The van der Waals surface area contributed by atoms with Crippen LogP contribution in [0.15, 0.2) is 18.2 Å². The van der Waals surface area contributed by atoms with Gasteiger partial charge in [-0.3, -0.25) is 0 Å². The van der Waals surface area contributed by atoms with Crippen LogP contribution in [0.2, 0.25) is 0 Å². The maximum absolute atomic E-state index is 13.5. The summed E-state index contributed by atoms with van der Waals surface area (Å²) in [4.78, 5) is 1.78. The Morgan fingerprint density at radius 1 is 1.33 bits per heavy atom. The molecule has 1 N–H and O–H groups in total. The van der Waals surface area contributed by atoms with E-state index in [4.69, 9.17) is 0 Å². The van der Waals surface area contributed by atoms with Gasteiger partial charge in [-0.05, 0) is 30.7 Å². The summed E-state index contributed by atoms with van der Waals surface area (Å²) >= 11 is 0. The quantitative estimate of drug-likeness (QED) is 0.751. The van der Waals surface area contributed by atoms with Crippen LogP contribution in [0.5, 0.6) is 0 Å². The second kappa shape index (κ2) is 5.71. The summed E-state index contributed by atoms with van der Waals surface area (Å²) in [5.74, 6) is -0.157. The normalized spacial score (nSPS) is 10.4. The van der Waals surface area contributed by atoms with Crippen molar-refractivity contribution in [2.24, 2.45) is 0 Å². The molecule has 0 radical (unpaired) electrons. The molecule has 0 saturated heterocycles. The number of nitrogens with one attached hydrogen (secondary N) is 1. The van der Waals surface area contributed by atoms with E-state index in [-0.39, 0.29) is 5.82 Å². The van der Waals surface area contributed by atoms with Gasteiger partial charge in [-0.1, -0.05) is 13.0 Å². The average molecular weight is 210 g/mol. The summed E-state index contributed by atoms with van der Waals surface area (Å²) in [6.07, 6.45) is 1.10. The van der Waals surface area contributed by atoms with Crippen LogP contribution in [-0.4, -0.2) is 20.6 Å². The van der Waals surface area contributed by atoms with Gasteiger partial charge in [-0.15, -0.1) is 0 Å². The number of halogens is 1. The highest BCUT2D eigenvalue weighted by Crippen LogP contribution is 2.17. The first-order chi connectivity index (χ1) is 7.15. The number of benzene rings is 1. The van der Waals surface area contributed by atoms with Crippen LogP contribution in [0, 0.1) is 5.82 Å². The van der Waals surface area contributed by atoms with Crippen molar-refractivity contribution < 1.29 is 4.39 Å². The zero-order chi connectivity index (χ0) is 11.3. The van der Waals surface area contributed by atoms with Crippen molar-refractivity contribution in [1.29, 1.82) is 0 Å². The van der Waals surface area contributed by atoms with Gasteiger partial charge < -0.3 is 10.2 Å². The van der Waals surface area contributed by atoms with Crippen LogP contribution in [0.3, 0.4) is 0 Å². The smallest absolute Gasteiger partial charge is 0.146 e. The van der Waals surface area contributed by atoms with Crippen molar-refractivity contribution in [3.05, 3.63) is 29.6 Å². The minimum atomic E-state index is -0.157. The Morgan fingerprint density at radius 2 is 2.07 bits per heavy atom. The fraction of sp³-hybridized carbons (Fsp3) is 0.500. The van der Waals surface area contributed by atoms with Crippen LogP contribution in [0.25, 0.3) is 0 Å². The predicted octanol–water partition coefficient (Wildman–Crippen LogP) is 2.39. The van der Waals surface area contributed by atoms with E-state index in [1.54, 1.807) is 11.0 Å². The third-order valence-corrected chi connectivity index (χ3v) is 2.25. The van der Waals surface area contributed by atoms with Gasteiger partial charge >= 0.3 is 0 Å². The molecule has 0 spiro atoms. The van der Waals surface area contributed by atoms with Crippen LogP contribution >= 0.6 is 0 Å². The molecule has 0 amide bonds. The fourth-order valence-electron chi connectivity index (χ4n) is 1.43. The van der Waals surface area contributed by atoms with Crippen LogP contribution < -0.4 is 10.2 Å². The SMILES string of the molecule is CCCNCc1ccc(N(C)C)c(F)c1. The van der Waals surface area contributed by atoms with E-state index >= 15 is 0 Å². The van der Waals surface area contributed by atoms with E-state index in [1.165, 1.54) is 0 Å². The molecule has 0 aliphatic heterocycles. The lowest BCUT2D eigenvalue weighted by Crippen LogP contribution is -2.15. The molecule has 0 heterocycles. The highest BCUT2D eigenvalue weighted by molar-refractivity contribution is 5.47. The Morgan fingerprint density at radius 3 is 2.60 bits per heavy atom. The van der Waals surface area contributed by atoms with Crippen LogP contribution in [0.1, 0.15) is 18.9 Å². The molecule has 1 aromatic carbocycles. The van der Waals surface area contributed by atoms with Crippen molar-refractivity contribution in [2.75, 3.05) is 25.5 Å². The first-order valence-corrected chi connectivity index (χ1v) is 5.31. The monoisotopic (exact) mass is 210 g/mol. The molecule has 0 aliphatic carbocycles. The molecule has 2 nitrogen and oxygen atoms in total. The van der Waals surface area contributed by atoms with Gasteiger partial charge in [0.15, 0.2) is 0 Å². The van der Waals surface area contributed by atoms with Gasteiger partial charge in [-0.2, -0.15) is 0 Å². The zero-order valence-corrected chi connectivity index (χ0v) is 9.68. The lowest BCUT2D eigenvalue weighted by Gasteiger charge is -2.14. The van der Waals surface area contributed by atoms with E-state index in [2.05, 4.69) is 12.2 Å². The summed E-state index contributed by atoms with van der Waals surface area (Å²) in [6.45, 7) is 3.82. The van der Waals surface area contributed by atoms with Gasteiger partial charge in [-0.25, -0.2) is 4.39 Å². The van der Waals surface area contributed by atoms with E-state index < -0.39 is 0 Å². The van der Waals surface area contributed by atoms with Gasteiger partial charge in [0, 0.05) is 20.6 Å². The van der Waals surface area contributed by atoms with Crippen LogP contribution in [-0.2, 0) is 6.54 Å². The molecule has 1 aromatic rings. The van der Waals surface area contributed by atoms with E-state index in [0.717, 1.165) is 25.1 Å². The third-order valence-electron chi connectivity index (χ3n) is 2.25. The molecule has 84 valence electrons. The molecule has 3 heteroatoms. The number of anilines is 1. The maximum Gasteiger partial charge on any atom is 0.146 e. The zero-order valence-electron chi connectivity index (χ0n) is 9.68. The molecule has 1 rings (SSSR count). The molecule has 0 fully saturated rings. The number of nitrogens with zero attached hydrogens (tertiary/aromatic N) is 1. The first kappa shape index (κ1) is 12.0. The largest absolute Gasteiger partial charge is 0.375 e. The number of rotatable bonds is 5. The fourth-order valence-corrected chi connectivity index (χ4v) is 1.43. The Hall–Kier alpha value is -1.09. The van der Waals surface area contributed by atoms with E-state index in [9.17, 15) is 4.39 Å². The van der Waals surface area contributed by atoms with Crippen molar-refractivity contribution in [1.82, 2.24) is 5.32 Å². The van der Waals surface area contributed by atoms with Crippen molar-refractivity contribution >= 4 is 5.69 Å². The van der Waals surface area contributed by atoms with Gasteiger partial charge in [0.05, 0.1) is 5.69 Å². The standard InChI is InChI=1S/C12H19FN2/c1-4-7-14-9-10-5-6-12(15(2)3)11(13)8-10/h5-6,8,14H,4,7,9H2,1-3H3.